The molecule has 0 atom stereocenters. The van der Waals surface area contributed by atoms with Gasteiger partial charge in [-0.15, -0.1) is 0 Å². The molecule has 152 valence electrons. The van der Waals surface area contributed by atoms with Crippen molar-refractivity contribution in [2.45, 2.75) is 32.2 Å². The van der Waals surface area contributed by atoms with Crippen LogP contribution in [0.2, 0.25) is 0 Å². The van der Waals surface area contributed by atoms with Crippen LogP contribution in [0.5, 0.6) is 0 Å². The van der Waals surface area contributed by atoms with E-state index in [4.69, 9.17) is 5.11 Å². The Bertz CT molecular complexity index is 907. The number of rotatable bonds is 6. The lowest BCUT2D eigenvalue weighted by atomic mass is 10.1. The highest BCUT2D eigenvalue weighted by molar-refractivity contribution is 6.04. The second-order valence-electron chi connectivity index (χ2n) is 7.21. The molecule has 9 heteroatoms. The summed E-state index contributed by atoms with van der Waals surface area (Å²) in [6, 6.07) is 4.86. The summed E-state index contributed by atoms with van der Waals surface area (Å²) in [5, 5.41) is 13.7. The first-order valence-corrected chi connectivity index (χ1v) is 8.43. The highest BCUT2D eigenvalue weighted by atomic mass is 19.3. The molecule has 0 fully saturated rings. The number of alkyl halides is 2. The second-order valence-corrected chi connectivity index (χ2v) is 7.21. The van der Waals surface area contributed by atoms with Gasteiger partial charge in [0, 0.05) is 18.9 Å². The van der Waals surface area contributed by atoms with Gasteiger partial charge >= 0.3 is 5.92 Å². The van der Waals surface area contributed by atoms with Gasteiger partial charge in [0.15, 0.2) is 0 Å². The quantitative estimate of drug-likeness (QED) is 0.701. The highest BCUT2D eigenvalue weighted by Gasteiger charge is 2.45. The Morgan fingerprint density at radius 3 is 2.43 bits per heavy atom. The summed E-state index contributed by atoms with van der Waals surface area (Å²) in [5.74, 6) is -6.63. The third-order valence-electron chi connectivity index (χ3n) is 4.14. The van der Waals surface area contributed by atoms with E-state index in [1.54, 1.807) is 0 Å². The van der Waals surface area contributed by atoms with Crippen molar-refractivity contribution in [2.75, 3.05) is 11.9 Å². The number of aryl methyl sites for hydroxylation is 2. The van der Waals surface area contributed by atoms with E-state index in [1.807, 2.05) is 0 Å². The lowest BCUT2D eigenvalue weighted by Gasteiger charge is -2.26. The smallest absolute Gasteiger partial charge is 0.364 e. The summed E-state index contributed by atoms with van der Waals surface area (Å²) in [6.07, 6.45) is 1.17. The molecule has 0 saturated heterocycles. The SMILES string of the molecule is Cc1cc(NC(=O)c2cc(C(F)(F)C(=O)NC(C)(C)CO)n(C)c2)ccc1F. The number of hydrogen-bond acceptors (Lipinski definition) is 3. The summed E-state index contributed by atoms with van der Waals surface area (Å²) in [5.41, 5.74) is -1.37. The molecule has 1 heterocycles. The van der Waals surface area contributed by atoms with Crippen molar-refractivity contribution in [1.29, 1.82) is 0 Å². The number of hydrogen-bond donors (Lipinski definition) is 3. The number of amides is 2. The number of aliphatic hydroxyl groups is 1. The number of carbonyl (C=O) groups is 2. The fourth-order valence-electron chi connectivity index (χ4n) is 2.47. The van der Waals surface area contributed by atoms with E-state index in [1.165, 1.54) is 52.2 Å². The Balaban J connectivity index is 2.24. The predicted octanol–water partition coefficient (Wildman–Crippen LogP) is 2.70. The van der Waals surface area contributed by atoms with Gasteiger partial charge < -0.3 is 20.3 Å². The summed E-state index contributed by atoms with van der Waals surface area (Å²) in [4.78, 5) is 24.4. The first-order valence-electron chi connectivity index (χ1n) is 8.43. The molecule has 3 N–H and O–H groups in total. The first-order chi connectivity index (χ1) is 12.9. The van der Waals surface area contributed by atoms with E-state index in [0.717, 1.165) is 10.6 Å². The molecule has 0 saturated carbocycles. The number of halogens is 3. The van der Waals surface area contributed by atoms with Crippen molar-refractivity contribution < 1.29 is 27.9 Å². The van der Waals surface area contributed by atoms with Crippen LogP contribution in [0, 0.1) is 12.7 Å². The van der Waals surface area contributed by atoms with Crippen LogP contribution in [0.3, 0.4) is 0 Å². The van der Waals surface area contributed by atoms with Crippen LogP contribution in [0.15, 0.2) is 30.5 Å². The largest absolute Gasteiger partial charge is 0.394 e. The number of anilines is 1. The molecular formula is C19H22F3N3O3. The van der Waals surface area contributed by atoms with Crippen LogP contribution in [0.25, 0.3) is 0 Å². The van der Waals surface area contributed by atoms with Crippen molar-refractivity contribution in [1.82, 2.24) is 9.88 Å². The molecule has 0 radical (unpaired) electrons. The van der Waals surface area contributed by atoms with Gasteiger partial charge in [0.05, 0.1) is 23.4 Å². The van der Waals surface area contributed by atoms with Crippen LogP contribution < -0.4 is 10.6 Å². The zero-order chi connectivity index (χ0) is 21.3. The van der Waals surface area contributed by atoms with E-state index >= 15 is 0 Å². The topological polar surface area (TPSA) is 83.4 Å². The molecular weight excluding hydrogens is 375 g/mol. The van der Waals surface area contributed by atoms with Crippen LogP contribution in [0.1, 0.15) is 35.5 Å². The molecule has 2 amide bonds. The molecule has 0 aliphatic heterocycles. The van der Waals surface area contributed by atoms with Gasteiger partial charge in [-0.1, -0.05) is 0 Å². The van der Waals surface area contributed by atoms with Gasteiger partial charge in [-0.25, -0.2) is 4.39 Å². The standard InChI is InChI=1S/C19H22F3N3O3/c1-11-7-13(5-6-14(11)20)23-16(27)12-8-15(25(4)9-12)19(21,22)17(28)24-18(2,3)10-26/h5-9,26H,10H2,1-4H3,(H,23,27)(H,24,28). The average molecular weight is 397 g/mol. The monoisotopic (exact) mass is 397 g/mol. The maximum atomic E-state index is 14.6. The summed E-state index contributed by atoms with van der Waals surface area (Å²) in [6.45, 7) is 3.80. The molecule has 0 unspecified atom stereocenters. The lowest BCUT2D eigenvalue weighted by Crippen LogP contribution is -2.51. The van der Waals surface area contributed by atoms with Gasteiger partial charge in [0.25, 0.3) is 11.8 Å². The fraction of sp³-hybridized carbons (Fsp3) is 0.368. The third kappa shape index (κ3) is 4.53. The maximum absolute atomic E-state index is 14.6. The van der Waals surface area contributed by atoms with Crippen LogP contribution >= 0.6 is 0 Å². The predicted molar refractivity (Wildman–Crippen MR) is 97.7 cm³/mol. The summed E-state index contributed by atoms with van der Waals surface area (Å²) >= 11 is 0. The van der Waals surface area contributed by atoms with E-state index in [0.29, 0.717) is 11.3 Å². The number of aliphatic hydroxyl groups excluding tert-OH is 1. The van der Waals surface area contributed by atoms with Gasteiger partial charge in [0.1, 0.15) is 5.82 Å². The van der Waals surface area contributed by atoms with Crippen LogP contribution in [-0.2, 0) is 17.8 Å². The molecule has 0 aliphatic rings. The fourth-order valence-corrected chi connectivity index (χ4v) is 2.47. The van der Waals surface area contributed by atoms with E-state index in [2.05, 4.69) is 10.6 Å². The Morgan fingerprint density at radius 1 is 1.21 bits per heavy atom. The van der Waals surface area contributed by atoms with Gasteiger partial charge in [0.2, 0.25) is 0 Å². The van der Waals surface area contributed by atoms with Crippen molar-refractivity contribution in [3.8, 4) is 0 Å². The zero-order valence-electron chi connectivity index (χ0n) is 15.9. The highest BCUT2D eigenvalue weighted by Crippen LogP contribution is 2.30. The first kappa shape index (κ1) is 21.5. The number of nitrogens with zero attached hydrogens (tertiary/aromatic N) is 1. The average Bonchev–Trinajstić information content (AvgIpc) is 3.00. The van der Waals surface area contributed by atoms with Crippen molar-refractivity contribution >= 4 is 17.5 Å². The molecule has 2 aromatic rings. The summed E-state index contributed by atoms with van der Waals surface area (Å²) < 4.78 is 43.5. The van der Waals surface area contributed by atoms with Gasteiger partial charge in [-0.3, -0.25) is 9.59 Å². The Kier molecular flexibility index (Phi) is 5.88. The third-order valence-corrected chi connectivity index (χ3v) is 4.14. The number of nitrogens with one attached hydrogen (secondary N) is 2. The molecule has 0 aliphatic carbocycles. The van der Waals surface area contributed by atoms with Crippen LogP contribution in [0.4, 0.5) is 18.9 Å². The minimum atomic E-state index is -3.92. The summed E-state index contributed by atoms with van der Waals surface area (Å²) in [7, 11) is 1.28. The molecule has 6 nitrogen and oxygen atoms in total. The normalized spacial score (nSPS) is 12.0. The van der Waals surface area contributed by atoms with Gasteiger partial charge in [-0.05, 0) is 50.6 Å². The number of carbonyl (C=O) groups excluding carboxylic acids is 2. The van der Waals surface area contributed by atoms with Crippen molar-refractivity contribution in [2.24, 2.45) is 7.05 Å². The Hall–Kier alpha value is -2.81. The number of aromatic nitrogens is 1. The lowest BCUT2D eigenvalue weighted by molar-refractivity contribution is -0.150. The van der Waals surface area contributed by atoms with Crippen LogP contribution in [-0.4, -0.2) is 33.6 Å². The maximum Gasteiger partial charge on any atom is 0.364 e. The van der Waals surface area contributed by atoms with Gasteiger partial charge in [-0.2, -0.15) is 8.78 Å². The molecule has 28 heavy (non-hydrogen) atoms. The van der Waals surface area contributed by atoms with Crippen molar-refractivity contribution in [3.05, 3.63) is 53.1 Å². The molecule has 0 spiro atoms. The molecule has 1 aromatic heterocycles. The molecule has 1 aromatic carbocycles. The van der Waals surface area contributed by atoms with E-state index in [-0.39, 0.29) is 5.56 Å². The Morgan fingerprint density at radius 2 is 1.86 bits per heavy atom. The van der Waals surface area contributed by atoms with Crippen molar-refractivity contribution in [3.63, 3.8) is 0 Å². The molecule has 0 bridgehead atoms. The molecule has 2 rings (SSSR count). The number of benzene rings is 1. The second kappa shape index (κ2) is 7.67. The Labute approximate surface area is 160 Å². The zero-order valence-corrected chi connectivity index (χ0v) is 15.9. The van der Waals surface area contributed by atoms with E-state index < -0.39 is 41.4 Å². The van der Waals surface area contributed by atoms with E-state index in [9.17, 15) is 22.8 Å². The minimum absolute atomic E-state index is 0.0895. The minimum Gasteiger partial charge on any atom is -0.394 e.